The topological polar surface area (TPSA) is 62.6 Å². The number of nitrogens with zero attached hydrogens (tertiary/aromatic N) is 1. The average Bonchev–Trinajstić information content (AvgIpc) is 3.05. The lowest BCUT2D eigenvalue weighted by Crippen LogP contribution is -2.35. The third-order valence-electron chi connectivity index (χ3n) is 3.29. The number of halogens is 3. The van der Waals surface area contributed by atoms with E-state index in [1.165, 1.54) is 18.2 Å². The van der Waals surface area contributed by atoms with Gasteiger partial charge in [0, 0.05) is 6.92 Å². The van der Waals surface area contributed by atoms with Crippen molar-refractivity contribution in [1.82, 2.24) is 5.43 Å². The molecule has 1 aromatic heterocycles. The SMILES string of the molecule is [CH2]c1ccc(C=C2C(=O)NN(c3cccc(C(F)(F)F)c3)C2=O)o1. The van der Waals surface area contributed by atoms with Crippen molar-refractivity contribution in [2.24, 2.45) is 0 Å². The van der Waals surface area contributed by atoms with Crippen molar-refractivity contribution in [3.05, 3.63) is 66.0 Å². The summed E-state index contributed by atoms with van der Waals surface area (Å²) in [6, 6.07) is 7.17. The summed E-state index contributed by atoms with van der Waals surface area (Å²) >= 11 is 0. The first kappa shape index (κ1) is 15.9. The molecule has 0 saturated carbocycles. The van der Waals surface area contributed by atoms with E-state index in [2.05, 4.69) is 12.3 Å². The third kappa shape index (κ3) is 2.90. The molecule has 1 aliphatic heterocycles. The number of rotatable bonds is 2. The van der Waals surface area contributed by atoms with E-state index < -0.39 is 23.6 Å². The zero-order valence-corrected chi connectivity index (χ0v) is 12.1. The fraction of sp³-hybridized carbons (Fsp3) is 0.0625. The highest BCUT2D eigenvalue weighted by Gasteiger charge is 2.36. The van der Waals surface area contributed by atoms with Gasteiger partial charge in [0.25, 0.3) is 11.8 Å². The van der Waals surface area contributed by atoms with Gasteiger partial charge in [-0.25, -0.2) is 5.01 Å². The van der Waals surface area contributed by atoms with Crippen LogP contribution in [0.4, 0.5) is 18.9 Å². The minimum atomic E-state index is -4.56. The number of alkyl halides is 3. The number of hydrogen-bond donors (Lipinski definition) is 1. The summed E-state index contributed by atoms with van der Waals surface area (Å²) in [7, 11) is 0. The molecular weight excluding hydrogens is 325 g/mol. The zero-order valence-electron chi connectivity index (χ0n) is 12.1. The predicted molar refractivity (Wildman–Crippen MR) is 78.2 cm³/mol. The largest absolute Gasteiger partial charge is 0.462 e. The second-order valence-corrected chi connectivity index (χ2v) is 4.99. The van der Waals surface area contributed by atoms with Crippen LogP contribution in [0.2, 0.25) is 0 Å². The fourth-order valence-electron chi connectivity index (χ4n) is 2.17. The van der Waals surface area contributed by atoms with Crippen LogP contribution in [0.3, 0.4) is 0 Å². The van der Waals surface area contributed by atoms with Gasteiger partial charge in [0.05, 0.1) is 11.3 Å². The van der Waals surface area contributed by atoms with Gasteiger partial charge < -0.3 is 4.42 Å². The highest BCUT2D eigenvalue weighted by Crippen LogP contribution is 2.32. The molecule has 1 aliphatic rings. The van der Waals surface area contributed by atoms with Gasteiger partial charge in [-0.2, -0.15) is 13.2 Å². The Labute approximate surface area is 134 Å². The standard InChI is InChI=1S/C16H10F3N2O3/c1-9-5-6-12(24-9)8-13-14(22)20-21(15(13)23)11-4-2-3-10(7-11)16(17,18)19/h2-8H,1H2,(H,20,22). The molecule has 2 heterocycles. The van der Waals surface area contributed by atoms with Gasteiger partial charge in [-0.05, 0) is 36.4 Å². The Hall–Kier alpha value is -3.03. The molecule has 1 saturated heterocycles. The first-order chi connectivity index (χ1) is 11.3. The number of carbonyl (C=O) groups is 2. The smallest absolute Gasteiger partial charge is 0.416 e. The summed E-state index contributed by atoms with van der Waals surface area (Å²) in [5, 5.41) is 0.761. The van der Waals surface area contributed by atoms with E-state index in [4.69, 9.17) is 4.42 Å². The lowest BCUT2D eigenvalue weighted by molar-refractivity contribution is -0.137. The molecule has 8 heteroatoms. The predicted octanol–water partition coefficient (Wildman–Crippen LogP) is 2.94. The molecule has 0 atom stereocenters. The minimum absolute atomic E-state index is 0.0936. The van der Waals surface area contributed by atoms with E-state index in [1.807, 2.05) is 0 Å². The van der Waals surface area contributed by atoms with Gasteiger partial charge in [-0.1, -0.05) is 6.07 Å². The summed E-state index contributed by atoms with van der Waals surface area (Å²) in [4.78, 5) is 24.3. The normalized spacial score (nSPS) is 16.8. The van der Waals surface area contributed by atoms with Crippen LogP contribution < -0.4 is 10.4 Å². The summed E-state index contributed by atoms with van der Waals surface area (Å²) in [6.45, 7) is 3.55. The quantitative estimate of drug-likeness (QED) is 0.678. The Morgan fingerprint density at radius 1 is 1.17 bits per heavy atom. The van der Waals surface area contributed by atoms with Gasteiger partial charge in [-0.3, -0.25) is 15.0 Å². The molecule has 0 bridgehead atoms. The van der Waals surface area contributed by atoms with Crippen LogP contribution in [0.25, 0.3) is 6.08 Å². The van der Waals surface area contributed by atoms with Crippen LogP contribution in [0, 0.1) is 6.92 Å². The average molecular weight is 335 g/mol. The maximum Gasteiger partial charge on any atom is 0.416 e. The molecule has 24 heavy (non-hydrogen) atoms. The Bertz CT molecular complexity index is 852. The lowest BCUT2D eigenvalue weighted by Gasteiger charge is -2.16. The van der Waals surface area contributed by atoms with Gasteiger partial charge in [0.15, 0.2) is 0 Å². The molecule has 1 N–H and O–H groups in total. The first-order valence-electron chi connectivity index (χ1n) is 6.72. The first-order valence-corrected chi connectivity index (χ1v) is 6.72. The molecule has 1 fully saturated rings. The molecule has 0 spiro atoms. The van der Waals surface area contributed by atoms with Crippen molar-refractivity contribution < 1.29 is 27.2 Å². The van der Waals surface area contributed by atoms with E-state index in [1.54, 1.807) is 6.07 Å². The molecular formula is C16H10F3N2O3. The van der Waals surface area contributed by atoms with Gasteiger partial charge in [0.1, 0.15) is 17.1 Å². The second-order valence-electron chi connectivity index (χ2n) is 4.99. The van der Waals surface area contributed by atoms with Crippen LogP contribution in [0.5, 0.6) is 0 Å². The number of benzene rings is 1. The van der Waals surface area contributed by atoms with Gasteiger partial charge in [0.2, 0.25) is 0 Å². The maximum atomic E-state index is 12.8. The number of hydrazine groups is 1. The molecule has 3 rings (SSSR count). The third-order valence-corrected chi connectivity index (χ3v) is 3.29. The number of amides is 2. The van der Waals surface area contributed by atoms with Crippen LogP contribution >= 0.6 is 0 Å². The highest BCUT2D eigenvalue weighted by molar-refractivity contribution is 6.31. The Morgan fingerprint density at radius 3 is 2.54 bits per heavy atom. The number of nitrogens with one attached hydrogen (secondary N) is 1. The number of anilines is 1. The van der Waals surface area contributed by atoms with Crippen molar-refractivity contribution in [2.75, 3.05) is 5.01 Å². The van der Waals surface area contributed by atoms with E-state index >= 15 is 0 Å². The Kier molecular flexibility index (Phi) is 3.67. The summed E-state index contributed by atoms with van der Waals surface area (Å²) in [6.07, 6.45) is -3.35. The molecule has 1 aromatic carbocycles. The van der Waals surface area contributed by atoms with Crippen molar-refractivity contribution >= 4 is 23.6 Å². The molecule has 1 radical (unpaired) electrons. The Morgan fingerprint density at radius 2 is 1.92 bits per heavy atom. The maximum absolute atomic E-state index is 12.8. The number of hydrogen-bond acceptors (Lipinski definition) is 3. The monoisotopic (exact) mass is 335 g/mol. The molecule has 2 amide bonds. The highest BCUT2D eigenvalue weighted by atomic mass is 19.4. The summed E-state index contributed by atoms with van der Waals surface area (Å²) in [5.41, 5.74) is 0.962. The minimum Gasteiger partial charge on any atom is -0.462 e. The second kappa shape index (κ2) is 5.55. The van der Waals surface area contributed by atoms with E-state index in [9.17, 15) is 22.8 Å². The summed E-state index contributed by atoms with van der Waals surface area (Å²) in [5.74, 6) is -0.924. The van der Waals surface area contributed by atoms with E-state index in [0.29, 0.717) is 5.76 Å². The Balaban J connectivity index is 1.93. The van der Waals surface area contributed by atoms with Crippen molar-refractivity contribution in [1.29, 1.82) is 0 Å². The van der Waals surface area contributed by atoms with Crippen LogP contribution in [0.1, 0.15) is 17.1 Å². The number of carbonyl (C=O) groups excluding carboxylic acids is 2. The van der Waals surface area contributed by atoms with E-state index in [-0.39, 0.29) is 17.0 Å². The van der Waals surface area contributed by atoms with Crippen LogP contribution in [-0.2, 0) is 15.8 Å². The summed E-state index contributed by atoms with van der Waals surface area (Å²) < 4.78 is 43.5. The molecule has 0 unspecified atom stereocenters. The van der Waals surface area contributed by atoms with E-state index in [0.717, 1.165) is 23.2 Å². The van der Waals surface area contributed by atoms with Gasteiger partial charge >= 0.3 is 6.18 Å². The molecule has 0 aliphatic carbocycles. The molecule has 123 valence electrons. The van der Waals surface area contributed by atoms with Crippen LogP contribution in [0.15, 0.2) is 46.4 Å². The van der Waals surface area contributed by atoms with Crippen molar-refractivity contribution in [3.8, 4) is 0 Å². The van der Waals surface area contributed by atoms with Crippen LogP contribution in [-0.4, -0.2) is 11.8 Å². The lowest BCUT2D eigenvalue weighted by atomic mass is 10.1. The zero-order chi connectivity index (χ0) is 17.5. The van der Waals surface area contributed by atoms with Gasteiger partial charge in [-0.15, -0.1) is 0 Å². The fourth-order valence-corrected chi connectivity index (χ4v) is 2.17. The number of furan rings is 1. The molecule has 5 nitrogen and oxygen atoms in total. The van der Waals surface area contributed by atoms with Crippen molar-refractivity contribution in [2.45, 2.75) is 6.18 Å². The molecule has 2 aromatic rings. The van der Waals surface area contributed by atoms with Crippen molar-refractivity contribution in [3.63, 3.8) is 0 Å².